The van der Waals surface area contributed by atoms with Gasteiger partial charge in [-0.1, -0.05) is 0 Å². The predicted octanol–water partition coefficient (Wildman–Crippen LogP) is 1.49. The van der Waals surface area contributed by atoms with Gasteiger partial charge in [0, 0.05) is 20.1 Å². The first-order valence-corrected chi connectivity index (χ1v) is 4.51. The lowest BCUT2D eigenvalue weighted by Gasteiger charge is -2.25. The van der Waals surface area contributed by atoms with Crippen molar-refractivity contribution in [2.24, 2.45) is 0 Å². The SMILES string of the molecule is CN1CCCn2ncc(Br)c21. The Morgan fingerprint density at radius 2 is 2.36 bits per heavy atom. The van der Waals surface area contributed by atoms with Crippen LogP contribution in [0.15, 0.2) is 10.7 Å². The Labute approximate surface area is 74.1 Å². The molecule has 0 amide bonds. The van der Waals surface area contributed by atoms with E-state index < -0.39 is 0 Å². The minimum Gasteiger partial charge on any atom is -0.359 e. The number of aromatic nitrogens is 2. The molecule has 0 saturated carbocycles. The van der Waals surface area contributed by atoms with Gasteiger partial charge in [0.05, 0.1) is 10.7 Å². The topological polar surface area (TPSA) is 21.1 Å². The van der Waals surface area contributed by atoms with E-state index in [1.807, 2.05) is 10.9 Å². The first-order valence-electron chi connectivity index (χ1n) is 3.71. The van der Waals surface area contributed by atoms with Crippen LogP contribution in [0.3, 0.4) is 0 Å². The fourth-order valence-electron chi connectivity index (χ4n) is 1.46. The zero-order valence-electron chi connectivity index (χ0n) is 6.42. The van der Waals surface area contributed by atoms with Crippen molar-refractivity contribution in [3.05, 3.63) is 10.7 Å². The second-order valence-electron chi connectivity index (χ2n) is 2.81. The number of hydrogen-bond donors (Lipinski definition) is 0. The van der Waals surface area contributed by atoms with Crippen molar-refractivity contribution in [2.45, 2.75) is 13.0 Å². The van der Waals surface area contributed by atoms with Crippen molar-refractivity contribution in [3.8, 4) is 0 Å². The minimum absolute atomic E-state index is 1.05. The van der Waals surface area contributed by atoms with Crippen LogP contribution in [-0.2, 0) is 6.54 Å². The maximum absolute atomic E-state index is 4.23. The van der Waals surface area contributed by atoms with Gasteiger partial charge in [-0.15, -0.1) is 0 Å². The first kappa shape index (κ1) is 7.16. The smallest absolute Gasteiger partial charge is 0.141 e. The molecule has 1 aliphatic heterocycles. The molecule has 4 heteroatoms. The van der Waals surface area contributed by atoms with Crippen LogP contribution in [-0.4, -0.2) is 23.4 Å². The highest BCUT2D eigenvalue weighted by atomic mass is 79.9. The van der Waals surface area contributed by atoms with Gasteiger partial charge in [-0.05, 0) is 22.4 Å². The number of hydrogen-bond acceptors (Lipinski definition) is 2. The molecule has 0 N–H and O–H groups in total. The molecular weight excluding hydrogens is 206 g/mol. The molecule has 0 atom stereocenters. The van der Waals surface area contributed by atoms with Crippen LogP contribution in [0.2, 0.25) is 0 Å². The Kier molecular flexibility index (Phi) is 1.64. The summed E-state index contributed by atoms with van der Waals surface area (Å²) in [7, 11) is 2.09. The monoisotopic (exact) mass is 215 g/mol. The molecule has 0 spiro atoms. The van der Waals surface area contributed by atoms with Crippen molar-refractivity contribution in [2.75, 3.05) is 18.5 Å². The van der Waals surface area contributed by atoms with E-state index in [2.05, 4.69) is 33.0 Å². The molecule has 0 unspecified atom stereocenters. The molecule has 1 aromatic rings. The van der Waals surface area contributed by atoms with Gasteiger partial charge in [-0.2, -0.15) is 5.10 Å². The van der Waals surface area contributed by atoms with Gasteiger partial charge >= 0.3 is 0 Å². The van der Waals surface area contributed by atoms with E-state index in [1.54, 1.807) is 0 Å². The van der Waals surface area contributed by atoms with Crippen molar-refractivity contribution in [1.82, 2.24) is 9.78 Å². The van der Waals surface area contributed by atoms with E-state index in [9.17, 15) is 0 Å². The van der Waals surface area contributed by atoms with E-state index in [0.29, 0.717) is 0 Å². The van der Waals surface area contributed by atoms with Gasteiger partial charge in [0.1, 0.15) is 5.82 Å². The third kappa shape index (κ3) is 1.05. The first-order chi connectivity index (χ1) is 5.29. The molecule has 2 rings (SSSR count). The molecule has 2 heterocycles. The molecule has 0 aliphatic carbocycles. The summed E-state index contributed by atoms with van der Waals surface area (Å²) in [5.41, 5.74) is 0. The van der Waals surface area contributed by atoms with E-state index in [-0.39, 0.29) is 0 Å². The van der Waals surface area contributed by atoms with E-state index >= 15 is 0 Å². The second-order valence-corrected chi connectivity index (χ2v) is 3.67. The fourth-order valence-corrected chi connectivity index (χ4v) is 2.06. The summed E-state index contributed by atoms with van der Waals surface area (Å²) in [6.45, 7) is 2.18. The Bertz CT molecular complexity index is 269. The lowest BCUT2D eigenvalue weighted by molar-refractivity contribution is 0.533. The third-order valence-corrected chi connectivity index (χ3v) is 2.55. The van der Waals surface area contributed by atoms with Gasteiger partial charge in [-0.3, -0.25) is 0 Å². The Hall–Kier alpha value is -0.510. The standard InChI is InChI=1S/C7H10BrN3/c1-10-3-2-4-11-7(10)6(8)5-9-11/h5H,2-4H2,1H3. The molecular formula is C7H10BrN3. The Balaban J connectivity index is 2.48. The number of anilines is 1. The molecule has 1 aliphatic rings. The quantitative estimate of drug-likeness (QED) is 0.655. The summed E-state index contributed by atoms with van der Waals surface area (Å²) in [5, 5.41) is 4.23. The predicted molar refractivity (Wildman–Crippen MR) is 47.8 cm³/mol. The molecule has 0 fully saturated rings. The van der Waals surface area contributed by atoms with Crippen LogP contribution in [0.5, 0.6) is 0 Å². The number of fused-ring (bicyclic) bond motifs is 1. The van der Waals surface area contributed by atoms with Crippen LogP contribution < -0.4 is 4.90 Å². The van der Waals surface area contributed by atoms with Gasteiger partial charge in [0.2, 0.25) is 0 Å². The summed E-state index contributed by atoms with van der Waals surface area (Å²) in [6, 6.07) is 0. The Morgan fingerprint density at radius 1 is 1.55 bits per heavy atom. The maximum Gasteiger partial charge on any atom is 0.141 e. The van der Waals surface area contributed by atoms with Crippen LogP contribution in [0.4, 0.5) is 5.82 Å². The Morgan fingerprint density at radius 3 is 3.09 bits per heavy atom. The number of rotatable bonds is 0. The molecule has 0 saturated heterocycles. The van der Waals surface area contributed by atoms with Crippen molar-refractivity contribution in [1.29, 1.82) is 0 Å². The lowest BCUT2D eigenvalue weighted by atomic mass is 10.3. The van der Waals surface area contributed by atoms with Crippen molar-refractivity contribution < 1.29 is 0 Å². The zero-order chi connectivity index (χ0) is 7.84. The number of aryl methyl sites for hydroxylation is 1. The van der Waals surface area contributed by atoms with Crippen molar-refractivity contribution >= 4 is 21.7 Å². The lowest BCUT2D eigenvalue weighted by Crippen LogP contribution is -2.28. The third-order valence-electron chi connectivity index (χ3n) is 1.99. The van der Waals surface area contributed by atoms with E-state index in [4.69, 9.17) is 0 Å². The highest BCUT2D eigenvalue weighted by Crippen LogP contribution is 2.27. The van der Waals surface area contributed by atoms with Crippen molar-refractivity contribution in [3.63, 3.8) is 0 Å². The van der Waals surface area contributed by atoms with Crippen LogP contribution in [0, 0.1) is 0 Å². The summed E-state index contributed by atoms with van der Waals surface area (Å²) >= 11 is 3.47. The van der Waals surface area contributed by atoms with Gasteiger partial charge in [0.25, 0.3) is 0 Å². The fraction of sp³-hybridized carbons (Fsp3) is 0.571. The van der Waals surface area contributed by atoms with E-state index in [1.165, 1.54) is 12.2 Å². The average Bonchev–Trinajstić information content (AvgIpc) is 2.34. The minimum atomic E-state index is 1.05. The van der Waals surface area contributed by atoms with Crippen LogP contribution >= 0.6 is 15.9 Å². The maximum atomic E-state index is 4.23. The van der Waals surface area contributed by atoms with Crippen LogP contribution in [0.1, 0.15) is 6.42 Å². The largest absolute Gasteiger partial charge is 0.359 e. The summed E-state index contributed by atoms with van der Waals surface area (Å²) < 4.78 is 3.13. The van der Waals surface area contributed by atoms with E-state index in [0.717, 1.165) is 17.6 Å². The van der Waals surface area contributed by atoms with Crippen LogP contribution in [0.25, 0.3) is 0 Å². The van der Waals surface area contributed by atoms with Gasteiger partial charge in [0.15, 0.2) is 0 Å². The molecule has 1 aromatic heterocycles. The second kappa shape index (κ2) is 2.52. The molecule has 0 aromatic carbocycles. The highest BCUT2D eigenvalue weighted by molar-refractivity contribution is 9.10. The normalized spacial score (nSPS) is 16.7. The molecule has 0 radical (unpaired) electrons. The summed E-state index contributed by atoms with van der Waals surface area (Å²) in [5.74, 6) is 1.20. The zero-order valence-corrected chi connectivity index (χ0v) is 8.00. The number of nitrogens with zero attached hydrogens (tertiary/aromatic N) is 3. The highest BCUT2D eigenvalue weighted by Gasteiger charge is 2.16. The molecule has 11 heavy (non-hydrogen) atoms. The number of halogens is 1. The van der Waals surface area contributed by atoms with Gasteiger partial charge in [-0.25, -0.2) is 4.68 Å². The summed E-state index contributed by atoms with van der Waals surface area (Å²) in [6.07, 6.45) is 3.05. The average molecular weight is 216 g/mol. The molecule has 3 nitrogen and oxygen atoms in total. The molecule has 60 valence electrons. The summed E-state index contributed by atoms with van der Waals surface area (Å²) in [4.78, 5) is 2.22. The molecule has 0 bridgehead atoms. The van der Waals surface area contributed by atoms with Gasteiger partial charge < -0.3 is 4.90 Å².